The summed E-state index contributed by atoms with van der Waals surface area (Å²) in [6.45, 7) is 3.49. The van der Waals surface area contributed by atoms with Crippen molar-refractivity contribution in [3.63, 3.8) is 0 Å². The zero-order valence-corrected chi connectivity index (χ0v) is 12.7. The van der Waals surface area contributed by atoms with Gasteiger partial charge in [0.2, 0.25) is 11.8 Å². The Kier molecular flexibility index (Phi) is 5.86. The van der Waals surface area contributed by atoms with Gasteiger partial charge >= 0.3 is 0 Å². The van der Waals surface area contributed by atoms with Crippen LogP contribution in [0.1, 0.15) is 64.7 Å². The molecule has 0 aromatic rings. The van der Waals surface area contributed by atoms with E-state index >= 15 is 0 Å². The van der Waals surface area contributed by atoms with E-state index in [9.17, 15) is 9.59 Å². The Labute approximate surface area is 122 Å². The van der Waals surface area contributed by atoms with Crippen molar-refractivity contribution in [2.45, 2.75) is 70.8 Å². The molecule has 2 rings (SSSR count). The fraction of sp³-hybridized carbons (Fsp3) is 0.875. The van der Waals surface area contributed by atoms with Crippen molar-refractivity contribution in [1.82, 2.24) is 10.2 Å². The SMILES string of the molecule is CCCCNC(=O)[C@H]1CC(=O)N(C2CCCCCC2)C1. The number of carbonyl (C=O) groups excluding carboxylic acids is 2. The van der Waals surface area contributed by atoms with Gasteiger partial charge in [-0.2, -0.15) is 0 Å². The summed E-state index contributed by atoms with van der Waals surface area (Å²) in [5.74, 6) is 0.137. The Morgan fingerprint density at radius 1 is 1.25 bits per heavy atom. The van der Waals surface area contributed by atoms with E-state index in [0.29, 0.717) is 19.0 Å². The van der Waals surface area contributed by atoms with E-state index in [4.69, 9.17) is 0 Å². The van der Waals surface area contributed by atoms with Gasteiger partial charge in [0.1, 0.15) is 0 Å². The summed E-state index contributed by atoms with van der Waals surface area (Å²) in [6.07, 6.45) is 9.78. The molecule has 1 aliphatic carbocycles. The first-order chi connectivity index (χ1) is 9.72. The van der Waals surface area contributed by atoms with Crippen molar-refractivity contribution >= 4 is 11.8 Å². The maximum Gasteiger partial charge on any atom is 0.225 e. The molecule has 1 aliphatic heterocycles. The van der Waals surface area contributed by atoms with Crippen LogP contribution in [-0.2, 0) is 9.59 Å². The first-order valence-corrected chi connectivity index (χ1v) is 8.29. The molecule has 2 fully saturated rings. The fourth-order valence-electron chi connectivity index (χ4n) is 3.36. The van der Waals surface area contributed by atoms with Crippen LogP contribution in [0.25, 0.3) is 0 Å². The highest BCUT2D eigenvalue weighted by atomic mass is 16.2. The number of nitrogens with zero attached hydrogens (tertiary/aromatic N) is 1. The van der Waals surface area contributed by atoms with E-state index in [1.54, 1.807) is 0 Å². The van der Waals surface area contributed by atoms with E-state index in [2.05, 4.69) is 12.2 Å². The lowest BCUT2D eigenvalue weighted by Crippen LogP contribution is -2.38. The predicted molar refractivity (Wildman–Crippen MR) is 79.2 cm³/mol. The van der Waals surface area contributed by atoms with E-state index in [-0.39, 0.29) is 17.7 Å². The van der Waals surface area contributed by atoms with Gasteiger partial charge in [-0.05, 0) is 19.3 Å². The van der Waals surface area contributed by atoms with E-state index < -0.39 is 0 Å². The largest absolute Gasteiger partial charge is 0.356 e. The third-order valence-electron chi connectivity index (χ3n) is 4.62. The summed E-state index contributed by atoms with van der Waals surface area (Å²) < 4.78 is 0. The van der Waals surface area contributed by atoms with E-state index in [1.807, 2.05) is 4.90 Å². The van der Waals surface area contributed by atoms with E-state index in [1.165, 1.54) is 25.7 Å². The predicted octanol–water partition coefficient (Wildman–Crippen LogP) is 2.47. The van der Waals surface area contributed by atoms with Crippen LogP contribution in [0, 0.1) is 5.92 Å². The summed E-state index contributed by atoms with van der Waals surface area (Å²) in [7, 11) is 0. The quantitative estimate of drug-likeness (QED) is 0.621. The van der Waals surface area contributed by atoms with Gasteiger partial charge < -0.3 is 10.2 Å². The zero-order valence-electron chi connectivity index (χ0n) is 12.7. The Morgan fingerprint density at radius 3 is 2.60 bits per heavy atom. The molecule has 1 N–H and O–H groups in total. The van der Waals surface area contributed by atoms with Crippen LogP contribution in [0.3, 0.4) is 0 Å². The first kappa shape index (κ1) is 15.3. The van der Waals surface area contributed by atoms with Crippen LogP contribution in [-0.4, -0.2) is 35.8 Å². The first-order valence-electron chi connectivity index (χ1n) is 8.29. The van der Waals surface area contributed by atoms with Crippen molar-refractivity contribution < 1.29 is 9.59 Å². The second-order valence-corrected chi connectivity index (χ2v) is 6.24. The molecule has 0 radical (unpaired) electrons. The number of carbonyl (C=O) groups is 2. The second kappa shape index (κ2) is 7.65. The number of likely N-dealkylation sites (tertiary alicyclic amines) is 1. The Balaban J connectivity index is 1.84. The monoisotopic (exact) mass is 280 g/mol. The number of hydrogen-bond donors (Lipinski definition) is 1. The molecule has 1 saturated carbocycles. The minimum Gasteiger partial charge on any atom is -0.356 e. The number of hydrogen-bond acceptors (Lipinski definition) is 2. The highest BCUT2D eigenvalue weighted by molar-refractivity contribution is 5.89. The lowest BCUT2D eigenvalue weighted by Gasteiger charge is -2.27. The minimum absolute atomic E-state index is 0.0721. The molecule has 2 amide bonds. The van der Waals surface area contributed by atoms with Crippen LogP contribution >= 0.6 is 0 Å². The van der Waals surface area contributed by atoms with Gasteiger partial charge in [-0.1, -0.05) is 39.0 Å². The van der Waals surface area contributed by atoms with Crippen LogP contribution < -0.4 is 5.32 Å². The topological polar surface area (TPSA) is 49.4 Å². The maximum absolute atomic E-state index is 12.2. The van der Waals surface area contributed by atoms with Crippen molar-refractivity contribution in [2.24, 2.45) is 5.92 Å². The summed E-state index contributed by atoms with van der Waals surface area (Å²) in [5, 5.41) is 2.96. The van der Waals surface area contributed by atoms with Crippen LogP contribution in [0.15, 0.2) is 0 Å². The Bertz CT molecular complexity index is 335. The Morgan fingerprint density at radius 2 is 1.95 bits per heavy atom. The summed E-state index contributed by atoms with van der Waals surface area (Å²) in [6, 6.07) is 0.387. The smallest absolute Gasteiger partial charge is 0.225 e. The molecule has 1 atom stereocenters. The molecule has 0 unspecified atom stereocenters. The summed E-state index contributed by atoms with van der Waals surface area (Å²) >= 11 is 0. The molecular weight excluding hydrogens is 252 g/mol. The molecule has 114 valence electrons. The van der Waals surface area contributed by atoms with Crippen LogP contribution in [0.4, 0.5) is 0 Å². The van der Waals surface area contributed by atoms with Gasteiger partial charge in [0.15, 0.2) is 0 Å². The van der Waals surface area contributed by atoms with Crippen LogP contribution in [0.2, 0.25) is 0 Å². The molecule has 1 heterocycles. The van der Waals surface area contributed by atoms with Crippen molar-refractivity contribution in [2.75, 3.05) is 13.1 Å². The standard InChI is InChI=1S/C16H28N2O2/c1-2-3-10-17-16(20)13-11-15(19)18(12-13)14-8-6-4-5-7-9-14/h13-14H,2-12H2,1H3,(H,17,20)/t13-/m0/s1. The number of nitrogens with one attached hydrogen (secondary N) is 1. The second-order valence-electron chi connectivity index (χ2n) is 6.24. The average molecular weight is 280 g/mol. The lowest BCUT2D eigenvalue weighted by atomic mass is 10.1. The normalized spacial score (nSPS) is 24.8. The van der Waals surface area contributed by atoms with Gasteiger partial charge in [0.25, 0.3) is 0 Å². The summed E-state index contributed by atoms with van der Waals surface area (Å²) in [4.78, 5) is 26.2. The highest BCUT2D eigenvalue weighted by Crippen LogP contribution is 2.28. The molecule has 2 aliphatic rings. The van der Waals surface area contributed by atoms with Gasteiger partial charge in [-0.25, -0.2) is 0 Å². The van der Waals surface area contributed by atoms with Gasteiger partial charge in [0, 0.05) is 25.6 Å². The van der Waals surface area contributed by atoms with Gasteiger partial charge in [-0.3, -0.25) is 9.59 Å². The van der Waals surface area contributed by atoms with Crippen molar-refractivity contribution in [3.05, 3.63) is 0 Å². The molecule has 0 aromatic heterocycles. The number of rotatable bonds is 5. The maximum atomic E-state index is 12.2. The third-order valence-corrected chi connectivity index (χ3v) is 4.62. The Hall–Kier alpha value is -1.06. The molecule has 1 saturated heterocycles. The van der Waals surface area contributed by atoms with Crippen molar-refractivity contribution in [1.29, 1.82) is 0 Å². The zero-order chi connectivity index (χ0) is 14.4. The van der Waals surface area contributed by atoms with Crippen molar-refractivity contribution in [3.8, 4) is 0 Å². The molecule has 4 nitrogen and oxygen atoms in total. The average Bonchev–Trinajstić information content (AvgIpc) is 2.66. The fourth-order valence-corrected chi connectivity index (χ4v) is 3.36. The number of amides is 2. The van der Waals surface area contributed by atoms with Gasteiger partial charge in [-0.15, -0.1) is 0 Å². The van der Waals surface area contributed by atoms with Crippen LogP contribution in [0.5, 0.6) is 0 Å². The third kappa shape index (κ3) is 3.97. The highest BCUT2D eigenvalue weighted by Gasteiger charge is 2.37. The van der Waals surface area contributed by atoms with E-state index in [0.717, 1.165) is 32.2 Å². The molecule has 4 heteroatoms. The molecule has 0 bridgehead atoms. The number of unbranched alkanes of at least 4 members (excludes halogenated alkanes) is 1. The molecule has 0 aromatic carbocycles. The van der Waals surface area contributed by atoms with Gasteiger partial charge in [0.05, 0.1) is 5.92 Å². The molecule has 20 heavy (non-hydrogen) atoms. The lowest BCUT2D eigenvalue weighted by molar-refractivity contribution is -0.130. The molecule has 0 spiro atoms. The summed E-state index contributed by atoms with van der Waals surface area (Å²) in [5.41, 5.74) is 0. The molecular formula is C16H28N2O2. The minimum atomic E-state index is -0.123.